The van der Waals surface area contributed by atoms with E-state index in [1.807, 2.05) is 25.1 Å². The van der Waals surface area contributed by atoms with Crippen LogP contribution in [0.4, 0.5) is 10.8 Å². The number of amides is 1. The molecule has 5 rings (SSSR count). The Morgan fingerprint density at radius 3 is 3.00 bits per heavy atom. The molecule has 0 spiro atoms. The minimum absolute atomic E-state index is 0.245. The molecule has 30 heavy (non-hydrogen) atoms. The van der Waals surface area contributed by atoms with Crippen LogP contribution in [0.3, 0.4) is 0 Å². The average molecular weight is 439 g/mol. The largest absolute Gasteiger partial charge is 0.494 e. The van der Waals surface area contributed by atoms with Gasteiger partial charge >= 0.3 is 0 Å². The summed E-state index contributed by atoms with van der Waals surface area (Å²) >= 11 is 2.77. The number of anilines is 2. The van der Waals surface area contributed by atoms with Gasteiger partial charge in [0.2, 0.25) is 0 Å². The number of aryl methyl sites for hydroxylation is 1. The number of fused-ring (bicyclic) bond motifs is 3. The summed E-state index contributed by atoms with van der Waals surface area (Å²) in [4.78, 5) is 23.6. The highest BCUT2D eigenvalue weighted by molar-refractivity contribution is 7.23. The molecule has 1 aliphatic carbocycles. The van der Waals surface area contributed by atoms with Gasteiger partial charge in [-0.25, -0.2) is 9.97 Å². The number of rotatable bonds is 4. The van der Waals surface area contributed by atoms with Gasteiger partial charge in [0.25, 0.3) is 5.91 Å². The summed E-state index contributed by atoms with van der Waals surface area (Å²) in [7, 11) is 0. The first kappa shape index (κ1) is 19.3. The number of benzene rings is 1. The number of thiazole rings is 1. The Kier molecular flexibility index (Phi) is 4.83. The van der Waals surface area contributed by atoms with Crippen molar-refractivity contribution in [3.05, 3.63) is 40.4 Å². The molecule has 0 aliphatic heterocycles. The molecule has 1 amide bonds. The number of nitrogens with one attached hydrogen (secondary N) is 1. The maximum absolute atomic E-state index is 13.0. The van der Waals surface area contributed by atoms with Crippen LogP contribution in [0.1, 0.15) is 41.2 Å². The van der Waals surface area contributed by atoms with Gasteiger partial charge in [-0.1, -0.05) is 18.3 Å². The third kappa shape index (κ3) is 3.40. The van der Waals surface area contributed by atoms with Crippen molar-refractivity contribution in [2.45, 2.75) is 33.1 Å². The van der Waals surface area contributed by atoms with E-state index in [1.54, 1.807) is 0 Å². The molecular weight excluding hydrogens is 416 g/mol. The Bertz CT molecular complexity index is 1280. The van der Waals surface area contributed by atoms with Crippen LogP contribution >= 0.6 is 22.7 Å². The standard InChI is InChI=1S/C22H22N4O2S2/c1-3-28-13-5-7-16-17(10-13)29-22(25-16)26-20(27)19-18(23)14-9-12-8-11(2)4-6-15(12)24-21(14)30-19/h5,7,9-11H,3-4,6,8,23H2,1-2H3,(H,25,26,27). The predicted octanol–water partition coefficient (Wildman–Crippen LogP) is 5.26. The summed E-state index contributed by atoms with van der Waals surface area (Å²) < 4.78 is 6.50. The number of hydrogen-bond donors (Lipinski definition) is 2. The molecule has 0 bridgehead atoms. The quantitative estimate of drug-likeness (QED) is 0.453. The van der Waals surface area contributed by atoms with E-state index in [0.29, 0.717) is 28.2 Å². The lowest BCUT2D eigenvalue weighted by Gasteiger charge is -2.20. The van der Waals surface area contributed by atoms with Crippen molar-refractivity contribution in [1.29, 1.82) is 0 Å². The van der Waals surface area contributed by atoms with Gasteiger partial charge in [0.05, 0.1) is 22.5 Å². The van der Waals surface area contributed by atoms with Gasteiger partial charge < -0.3 is 10.5 Å². The van der Waals surface area contributed by atoms with Crippen LogP contribution in [0, 0.1) is 5.92 Å². The normalized spacial score (nSPS) is 16.0. The second-order valence-corrected chi connectivity index (χ2v) is 9.71. The third-order valence-corrected chi connectivity index (χ3v) is 7.48. The van der Waals surface area contributed by atoms with Crippen LogP contribution in [0.2, 0.25) is 0 Å². The molecule has 0 saturated heterocycles. The summed E-state index contributed by atoms with van der Waals surface area (Å²) in [6, 6.07) is 7.85. The van der Waals surface area contributed by atoms with Crippen molar-refractivity contribution in [1.82, 2.24) is 9.97 Å². The van der Waals surface area contributed by atoms with E-state index < -0.39 is 0 Å². The molecule has 3 N–H and O–H groups in total. The van der Waals surface area contributed by atoms with E-state index >= 15 is 0 Å². The Labute approximate surface area is 182 Å². The van der Waals surface area contributed by atoms with Crippen LogP contribution in [0.25, 0.3) is 20.4 Å². The minimum atomic E-state index is -0.245. The van der Waals surface area contributed by atoms with Crippen molar-refractivity contribution < 1.29 is 9.53 Å². The maximum Gasteiger partial charge on any atom is 0.269 e. The molecule has 154 valence electrons. The summed E-state index contributed by atoms with van der Waals surface area (Å²) in [6.07, 6.45) is 3.16. The lowest BCUT2D eigenvalue weighted by atomic mass is 9.87. The van der Waals surface area contributed by atoms with Crippen molar-refractivity contribution >= 4 is 59.8 Å². The summed E-state index contributed by atoms with van der Waals surface area (Å²) in [5, 5.41) is 4.33. The number of carbonyl (C=O) groups is 1. The molecular formula is C22H22N4O2S2. The fraction of sp³-hybridized carbons (Fsp3) is 0.318. The Hall–Kier alpha value is -2.71. The topological polar surface area (TPSA) is 90.1 Å². The van der Waals surface area contributed by atoms with Crippen molar-refractivity contribution in [2.24, 2.45) is 5.92 Å². The zero-order valence-electron chi connectivity index (χ0n) is 16.8. The summed E-state index contributed by atoms with van der Waals surface area (Å²) in [5.74, 6) is 1.21. The molecule has 0 fully saturated rings. The SMILES string of the molecule is CCOc1ccc2nc(NC(=O)c3sc4nc5c(cc4c3N)CC(C)CC5)sc2c1. The van der Waals surface area contributed by atoms with E-state index in [1.165, 1.54) is 28.2 Å². The maximum atomic E-state index is 13.0. The van der Waals surface area contributed by atoms with Gasteiger partial charge in [-0.15, -0.1) is 11.3 Å². The number of carbonyl (C=O) groups excluding carboxylic acids is 1. The first-order valence-electron chi connectivity index (χ1n) is 10.1. The van der Waals surface area contributed by atoms with Crippen LogP contribution in [-0.4, -0.2) is 22.5 Å². The van der Waals surface area contributed by atoms with Gasteiger partial charge in [0.1, 0.15) is 15.5 Å². The van der Waals surface area contributed by atoms with Crippen LogP contribution in [-0.2, 0) is 12.8 Å². The molecule has 3 heterocycles. The zero-order valence-corrected chi connectivity index (χ0v) is 18.5. The molecule has 6 nitrogen and oxygen atoms in total. The van der Waals surface area contributed by atoms with E-state index in [0.717, 1.165) is 51.1 Å². The Morgan fingerprint density at radius 2 is 2.17 bits per heavy atom. The molecule has 1 atom stereocenters. The zero-order chi connectivity index (χ0) is 20.8. The van der Waals surface area contributed by atoms with E-state index in [4.69, 9.17) is 15.5 Å². The second kappa shape index (κ2) is 7.52. The highest BCUT2D eigenvalue weighted by atomic mass is 32.1. The fourth-order valence-electron chi connectivity index (χ4n) is 3.91. The van der Waals surface area contributed by atoms with Gasteiger partial charge in [-0.05, 0) is 61.9 Å². The highest BCUT2D eigenvalue weighted by Gasteiger charge is 2.23. The number of aromatic nitrogens is 2. The summed E-state index contributed by atoms with van der Waals surface area (Å²) in [6.45, 7) is 4.82. The van der Waals surface area contributed by atoms with Crippen molar-refractivity contribution in [3.8, 4) is 5.75 Å². The number of ether oxygens (including phenoxy) is 1. The first-order chi connectivity index (χ1) is 14.5. The molecule has 0 radical (unpaired) electrons. The van der Waals surface area contributed by atoms with E-state index in [9.17, 15) is 4.79 Å². The number of hydrogen-bond acceptors (Lipinski definition) is 7. The van der Waals surface area contributed by atoms with Crippen molar-refractivity contribution in [3.63, 3.8) is 0 Å². The number of pyridine rings is 1. The second-order valence-electron chi connectivity index (χ2n) is 7.68. The third-order valence-electron chi connectivity index (χ3n) is 5.43. The van der Waals surface area contributed by atoms with Gasteiger partial charge in [-0.2, -0.15) is 0 Å². The molecule has 4 aromatic rings. The van der Waals surface area contributed by atoms with Gasteiger partial charge in [0.15, 0.2) is 5.13 Å². The van der Waals surface area contributed by atoms with Gasteiger partial charge in [0, 0.05) is 11.1 Å². The monoisotopic (exact) mass is 438 g/mol. The number of nitrogens with zero attached hydrogens (tertiary/aromatic N) is 2. The van der Waals surface area contributed by atoms with E-state index in [-0.39, 0.29) is 5.91 Å². The molecule has 1 aliphatic rings. The molecule has 8 heteroatoms. The molecule has 1 unspecified atom stereocenters. The highest BCUT2D eigenvalue weighted by Crippen LogP contribution is 2.37. The van der Waals surface area contributed by atoms with Crippen LogP contribution in [0.15, 0.2) is 24.3 Å². The van der Waals surface area contributed by atoms with Crippen LogP contribution < -0.4 is 15.8 Å². The molecule has 1 aromatic carbocycles. The first-order valence-corrected chi connectivity index (χ1v) is 11.7. The summed E-state index contributed by atoms with van der Waals surface area (Å²) in [5.41, 5.74) is 10.1. The Morgan fingerprint density at radius 1 is 1.30 bits per heavy atom. The van der Waals surface area contributed by atoms with Gasteiger partial charge in [-0.3, -0.25) is 10.1 Å². The smallest absolute Gasteiger partial charge is 0.269 e. The molecule has 3 aromatic heterocycles. The van der Waals surface area contributed by atoms with Crippen molar-refractivity contribution in [2.75, 3.05) is 17.7 Å². The fourth-order valence-corrected chi connectivity index (χ4v) is 5.79. The average Bonchev–Trinajstić information content (AvgIpc) is 3.26. The lowest BCUT2D eigenvalue weighted by molar-refractivity contribution is 0.103. The minimum Gasteiger partial charge on any atom is -0.494 e. The predicted molar refractivity (Wildman–Crippen MR) is 124 cm³/mol. The number of nitrogens with two attached hydrogens (primary N) is 1. The van der Waals surface area contributed by atoms with Crippen LogP contribution in [0.5, 0.6) is 5.75 Å². The number of nitrogen functional groups attached to an aromatic ring is 1. The van der Waals surface area contributed by atoms with E-state index in [2.05, 4.69) is 23.3 Å². The Balaban J connectivity index is 1.44. The molecule has 0 saturated carbocycles. The lowest BCUT2D eigenvalue weighted by Crippen LogP contribution is -2.12. The number of thiophene rings is 1.